The van der Waals surface area contributed by atoms with Gasteiger partial charge in [0.1, 0.15) is 0 Å². The highest BCUT2D eigenvalue weighted by Gasteiger charge is 2.33. The van der Waals surface area contributed by atoms with Gasteiger partial charge < -0.3 is 0 Å². The number of hydrogen-bond acceptors (Lipinski definition) is 0. The van der Waals surface area contributed by atoms with Gasteiger partial charge in [-0.15, -0.1) is 0 Å². The summed E-state index contributed by atoms with van der Waals surface area (Å²) in [5.74, 6) is 3.34. The second kappa shape index (κ2) is 11.5. The van der Waals surface area contributed by atoms with Crippen LogP contribution < -0.4 is 0 Å². The summed E-state index contributed by atoms with van der Waals surface area (Å²) < 4.78 is 0. The molecule has 0 aromatic heterocycles. The van der Waals surface area contributed by atoms with Crippen molar-refractivity contribution in [1.82, 2.24) is 0 Å². The van der Waals surface area contributed by atoms with Gasteiger partial charge in [-0.3, -0.25) is 0 Å². The fraction of sp³-hybridized carbons (Fsp3) is 1.00. The molecule has 134 valence electrons. The quantitative estimate of drug-likeness (QED) is 0.301. The van der Waals surface area contributed by atoms with Crippen molar-refractivity contribution < 1.29 is 0 Å². The highest BCUT2D eigenvalue weighted by Crippen LogP contribution is 2.41. The molecule has 0 atom stereocenters. The van der Waals surface area contributed by atoms with Gasteiger partial charge in [0.2, 0.25) is 0 Å². The van der Waals surface area contributed by atoms with Crippen molar-refractivity contribution in [2.24, 2.45) is 29.1 Å². The van der Waals surface area contributed by atoms with Crippen LogP contribution in [0.3, 0.4) is 0 Å². The fourth-order valence-electron chi connectivity index (χ4n) is 4.76. The standard InChI is InChI=1S/C22H46/c1-18(2)16-14-12-10-9-11-13-15-17-22(7,8)21(19(3)4)20(5)6/h18-21H,9-17H2,1-8H3. The van der Waals surface area contributed by atoms with E-state index in [0.29, 0.717) is 5.41 Å². The molecule has 0 saturated carbocycles. The van der Waals surface area contributed by atoms with Gasteiger partial charge in [0.15, 0.2) is 0 Å². The van der Waals surface area contributed by atoms with Crippen molar-refractivity contribution in [2.75, 3.05) is 0 Å². The Bertz CT molecular complexity index is 239. The average Bonchev–Trinajstić information content (AvgIpc) is 2.34. The molecule has 0 aromatic carbocycles. The summed E-state index contributed by atoms with van der Waals surface area (Å²) >= 11 is 0. The minimum absolute atomic E-state index is 0.500. The third-order valence-electron chi connectivity index (χ3n) is 5.44. The molecule has 0 nitrogen and oxygen atoms in total. The molecule has 0 N–H and O–H groups in total. The Balaban J connectivity index is 3.76. The summed E-state index contributed by atoms with van der Waals surface area (Å²) in [7, 11) is 0. The normalized spacial score (nSPS) is 13.1. The van der Waals surface area contributed by atoms with Crippen LogP contribution in [0.15, 0.2) is 0 Å². The van der Waals surface area contributed by atoms with Crippen LogP contribution in [0, 0.1) is 29.1 Å². The molecule has 0 amide bonds. The molecule has 0 heteroatoms. The topological polar surface area (TPSA) is 0 Å². The summed E-state index contributed by atoms with van der Waals surface area (Å²) in [5, 5.41) is 0. The minimum Gasteiger partial charge on any atom is -0.0628 e. The van der Waals surface area contributed by atoms with E-state index < -0.39 is 0 Å². The summed E-state index contributed by atoms with van der Waals surface area (Å²) in [6, 6.07) is 0. The van der Waals surface area contributed by atoms with E-state index >= 15 is 0 Å². The second-order valence-corrected chi connectivity index (χ2v) is 9.41. The van der Waals surface area contributed by atoms with Crippen LogP contribution in [0.4, 0.5) is 0 Å². The SMILES string of the molecule is CC(C)CCCCCCCCCC(C)(C)C(C(C)C)C(C)C. The number of hydrogen-bond donors (Lipinski definition) is 0. The number of unbranched alkanes of at least 4 members (excludes halogenated alkanes) is 6. The van der Waals surface area contributed by atoms with Crippen LogP contribution >= 0.6 is 0 Å². The summed E-state index contributed by atoms with van der Waals surface area (Å²) in [6.45, 7) is 19.3. The van der Waals surface area contributed by atoms with Crippen LogP contribution in [0.25, 0.3) is 0 Å². The molecule has 0 aromatic rings. The molecule has 0 bridgehead atoms. The Kier molecular flexibility index (Phi) is 11.5. The molecule has 0 unspecified atom stereocenters. The number of rotatable bonds is 13. The summed E-state index contributed by atoms with van der Waals surface area (Å²) in [5.41, 5.74) is 0.500. The zero-order chi connectivity index (χ0) is 17.2. The summed E-state index contributed by atoms with van der Waals surface area (Å²) in [4.78, 5) is 0. The van der Waals surface area contributed by atoms with E-state index in [1.54, 1.807) is 0 Å². The summed E-state index contributed by atoms with van der Waals surface area (Å²) in [6.07, 6.45) is 12.9. The van der Waals surface area contributed by atoms with Gasteiger partial charge in [0.25, 0.3) is 0 Å². The van der Waals surface area contributed by atoms with Gasteiger partial charge in [-0.05, 0) is 35.5 Å². The van der Waals surface area contributed by atoms with Crippen molar-refractivity contribution in [1.29, 1.82) is 0 Å². The molecule has 0 aliphatic heterocycles. The van der Waals surface area contributed by atoms with Gasteiger partial charge in [-0.1, -0.05) is 107 Å². The van der Waals surface area contributed by atoms with Crippen LogP contribution in [0.2, 0.25) is 0 Å². The molecule has 0 rings (SSSR count). The van der Waals surface area contributed by atoms with Crippen molar-refractivity contribution >= 4 is 0 Å². The van der Waals surface area contributed by atoms with Crippen LogP contribution in [-0.2, 0) is 0 Å². The third kappa shape index (κ3) is 9.90. The maximum atomic E-state index is 2.50. The molecular weight excluding hydrogens is 264 g/mol. The molecule has 0 heterocycles. The van der Waals surface area contributed by atoms with Gasteiger partial charge >= 0.3 is 0 Å². The van der Waals surface area contributed by atoms with Gasteiger partial charge in [-0.25, -0.2) is 0 Å². The van der Waals surface area contributed by atoms with Gasteiger partial charge in [0.05, 0.1) is 0 Å². The van der Waals surface area contributed by atoms with E-state index in [4.69, 9.17) is 0 Å². The Morgan fingerprint density at radius 3 is 1.41 bits per heavy atom. The molecule has 0 spiro atoms. The maximum Gasteiger partial charge on any atom is -0.0316 e. The smallest absolute Gasteiger partial charge is 0.0316 e. The average molecular weight is 311 g/mol. The maximum absolute atomic E-state index is 2.50. The van der Waals surface area contributed by atoms with E-state index in [1.165, 1.54) is 57.8 Å². The first-order valence-electron chi connectivity index (χ1n) is 10.2. The minimum atomic E-state index is 0.500. The van der Waals surface area contributed by atoms with Crippen LogP contribution in [0.5, 0.6) is 0 Å². The van der Waals surface area contributed by atoms with E-state index in [-0.39, 0.29) is 0 Å². The Labute approximate surface area is 142 Å². The van der Waals surface area contributed by atoms with Crippen LogP contribution in [-0.4, -0.2) is 0 Å². The third-order valence-corrected chi connectivity index (χ3v) is 5.44. The lowest BCUT2D eigenvalue weighted by atomic mass is 9.65. The largest absolute Gasteiger partial charge is 0.0628 e. The van der Waals surface area contributed by atoms with E-state index in [0.717, 1.165) is 23.7 Å². The Morgan fingerprint density at radius 1 is 0.591 bits per heavy atom. The van der Waals surface area contributed by atoms with Crippen molar-refractivity contribution in [2.45, 2.75) is 113 Å². The zero-order valence-corrected chi connectivity index (χ0v) is 17.2. The molecular formula is C22H46. The van der Waals surface area contributed by atoms with E-state index in [1.807, 2.05) is 0 Å². The van der Waals surface area contributed by atoms with Crippen LogP contribution in [0.1, 0.15) is 113 Å². The molecule has 0 aliphatic rings. The van der Waals surface area contributed by atoms with Crippen molar-refractivity contribution in [3.63, 3.8) is 0 Å². The highest BCUT2D eigenvalue weighted by molar-refractivity contribution is 4.82. The molecule has 0 radical (unpaired) electrons. The predicted molar refractivity (Wildman–Crippen MR) is 103 cm³/mol. The first kappa shape index (κ1) is 22.0. The monoisotopic (exact) mass is 310 g/mol. The molecule has 0 fully saturated rings. The lowest BCUT2D eigenvalue weighted by Crippen LogP contribution is -2.32. The van der Waals surface area contributed by atoms with Crippen molar-refractivity contribution in [3.8, 4) is 0 Å². The van der Waals surface area contributed by atoms with E-state index in [2.05, 4.69) is 55.4 Å². The lowest BCUT2D eigenvalue weighted by molar-refractivity contribution is 0.0927. The Morgan fingerprint density at radius 2 is 1.00 bits per heavy atom. The highest BCUT2D eigenvalue weighted by atomic mass is 14.4. The van der Waals surface area contributed by atoms with Gasteiger partial charge in [-0.2, -0.15) is 0 Å². The second-order valence-electron chi connectivity index (χ2n) is 9.41. The lowest BCUT2D eigenvalue weighted by Gasteiger charge is -2.40. The fourth-order valence-corrected chi connectivity index (χ4v) is 4.76. The van der Waals surface area contributed by atoms with Crippen molar-refractivity contribution in [3.05, 3.63) is 0 Å². The molecule has 22 heavy (non-hydrogen) atoms. The molecule has 0 aliphatic carbocycles. The first-order valence-corrected chi connectivity index (χ1v) is 10.2. The zero-order valence-electron chi connectivity index (χ0n) is 17.2. The Hall–Kier alpha value is 0. The van der Waals surface area contributed by atoms with Gasteiger partial charge in [0, 0.05) is 0 Å². The van der Waals surface area contributed by atoms with E-state index in [9.17, 15) is 0 Å². The molecule has 0 saturated heterocycles. The first-order chi connectivity index (χ1) is 10.2. The predicted octanol–water partition coefficient (Wildman–Crippen LogP) is 8.11.